The van der Waals surface area contributed by atoms with E-state index in [1.807, 2.05) is 56.3 Å². The van der Waals surface area contributed by atoms with Crippen LogP contribution in [0.3, 0.4) is 0 Å². The molecule has 0 unspecified atom stereocenters. The molecule has 0 fully saturated rings. The molecule has 0 aliphatic rings. The van der Waals surface area contributed by atoms with Gasteiger partial charge < -0.3 is 5.32 Å². The van der Waals surface area contributed by atoms with E-state index in [4.69, 9.17) is 12.2 Å². The van der Waals surface area contributed by atoms with Crippen LogP contribution in [0.5, 0.6) is 0 Å². The van der Waals surface area contributed by atoms with Gasteiger partial charge >= 0.3 is 0 Å². The molecular formula is C18H17N3OS3. The summed E-state index contributed by atoms with van der Waals surface area (Å²) < 4.78 is 3.18. The van der Waals surface area contributed by atoms with Gasteiger partial charge in [-0.1, -0.05) is 59.0 Å². The van der Waals surface area contributed by atoms with Crippen LogP contribution >= 0.6 is 35.3 Å². The number of benzene rings is 2. The van der Waals surface area contributed by atoms with Gasteiger partial charge in [0.25, 0.3) is 0 Å². The van der Waals surface area contributed by atoms with Gasteiger partial charge in [-0.25, -0.2) is 4.68 Å². The number of hydrogen-bond donors (Lipinski definition) is 1. The molecule has 128 valence electrons. The second-order valence-corrected chi connectivity index (χ2v) is 8.38. The molecule has 4 nitrogen and oxygen atoms in total. The molecule has 3 aromatic rings. The van der Waals surface area contributed by atoms with Gasteiger partial charge in [0.1, 0.15) is 0 Å². The summed E-state index contributed by atoms with van der Waals surface area (Å²) >= 11 is 8.18. The third kappa shape index (κ3) is 4.56. The Kier molecular flexibility index (Phi) is 5.67. The first-order valence-corrected chi connectivity index (χ1v) is 9.89. The van der Waals surface area contributed by atoms with Gasteiger partial charge in [-0.3, -0.25) is 4.79 Å². The highest BCUT2D eigenvalue weighted by Crippen LogP contribution is 2.24. The summed E-state index contributed by atoms with van der Waals surface area (Å²) in [6, 6.07) is 15.7. The van der Waals surface area contributed by atoms with E-state index in [1.54, 1.807) is 4.68 Å². The number of aryl methyl sites for hydroxylation is 2. The lowest BCUT2D eigenvalue weighted by atomic mass is 10.1. The smallest absolute Gasteiger partial charge is 0.234 e. The number of carbonyl (C=O) groups excluding carboxylic acids is 1. The summed E-state index contributed by atoms with van der Waals surface area (Å²) in [6.45, 7) is 4.02. The zero-order valence-corrected chi connectivity index (χ0v) is 16.3. The Labute approximate surface area is 159 Å². The lowest BCUT2D eigenvalue weighted by molar-refractivity contribution is -0.113. The average molecular weight is 388 g/mol. The minimum absolute atomic E-state index is 0.0515. The fourth-order valence-corrected chi connectivity index (χ4v) is 4.48. The van der Waals surface area contributed by atoms with E-state index in [-0.39, 0.29) is 5.91 Å². The normalized spacial score (nSPS) is 10.6. The predicted octanol–water partition coefficient (Wildman–Crippen LogP) is 5.01. The van der Waals surface area contributed by atoms with Crippen LogP contribution in [0, 0.1) is 17.8 Å². The van der Waals surface area contributed by atoms with Crippen LogP contribution in [0.1, 0.15) is 11.1 Å². The largest absolute Gasteiger partial charge is 0.325 e. The number of nitrogens with zero attached hydrogens (tertiary/aromatic N) is 2. The zero-order valence-electron chi connectivity index (χ0n) is 13.9. The molecule has 2 aromatic carbocycles. The first kappa shape index (κ1) is 17.8. The highest BCUT2D eigenvalue weighted by molar-refractivity contribution is 8.01. The molecule has 0 bridgehead atoms. The Hall–Kier alpha value is -1.96. The molecule has 3 rings (SSSR count). The number of para-hydroxylation sites is 1. The minimum Gasteiger partial charge on any atom is -0.325 e. The second kappa shape index (κ2) is 7.95. The Morgan fingerprint density at radius 3 is 2.72 bits per heavy atom. The summed E-state index contributed by atoms with van der Waals surface area (Å²) in [5.41, 5.74) is 4.01. The molecule has 1 N–H and O–H groups in total. The van der Waals surface area contributed by atoms with Crippen molar-refractivity contribution >= 4 is 46.9 Å². The molecule has 25 heavy (non-hydrogen) atoms. The van der Waals surface area contributed by atoms with Gasteiger partial charge in [-0.2, -0.15) is 0 Å². The third-order valence-electron chi connectivity index (χ3n) is 3.51. The highest BCUT2D eigenvalue weighted by atomic mass is 32.2. The zero-order chi connectivity index (χ0) is 17.8. The van der Waals surface area contributed by atoms with Crippen molar-refractivity contribution in [3.05, 3.63) is 63.6 Å². The van der Waals surface area contributed by atoms with Gasteiger partial charge in [0.05, 0.1) is 11.4 Å². The van der Waals surface area contributed by atoms with E-state index >= 15 is 0 Å². The van der Waals surface area contributed by atoms with Crippen molar-refractivity contribution < 1.29 is 4.79 Å². The molecule has 0 atom stereocenters. The maximum Gasteiger partial charge on any atom is 0.234 e. The SMILES string of the molecule is Cc1ccc(NC(=O)CSc2nn(-c3ccccc3)c(=S)s2)c(C)c1. The van der Waals surface area contributed by atoms with E-state index in [0.717, 1.165) is 21.3 Å². The van der Waals surface area contributed by atoms with E-state index < -0.39 is 0 Å². The van der Waals surface area contributed by atoms with Gasteiger partial charge in [0.2, 0.25) is 5.91 Å². The predicted molar refractivity (Wildman–Crippen MR) is 108 cm³/mol. The van der Waals surface area contributed by atoms with Crippen LogP contribution < -0.4 is 5.32 Å². The van der Waals surface area contributed by atoms with Gasteiger partial charge in [-0.05, 0) is 49.8 Å². The van der Waals surface area contributed by atoms with Gasteiger partial charge in [0.15, 0.2) is 8.29 Å². The van der Waals surface area contributed by atoms with Crippen molar-refractivity contribution in [3.8, 4) is 5.69 Å². The maximum absolute atomic E-state index is 12.2. The highest BCUT2D eigenvalue weighted by Gasteiger charge is 2.10. The van der Waals surface area contributed by atoms with Gasteiger partial charge in [-0.15, -0.1) is 5.10 Å². The summed E-state index contributed by atoms with van der Waals surface area (Å²) in [7, 11) is 0. The van der Waals surface area contributed by atoms with Crippen molar-refractivity contribution in [2.24, 2.45) is 0 Å². The van der Waals surface area contributed by atoms with Crippen molar-refractivity contribution in [2.45, 2.75) is 18.2 Å². The summed E-state index contributed by atoms with van der Waals surface area (Å²) in [5, 5.41) is 7.45. The van der Waals surface area contributed by atoms with E-state index in [9.17, 15) is 4.79 Å². The Morgan fingerprint density at radius 1 is 1.24 bits per heavy atom. The molecule has 0 saturated heterocycles. The Bertz CT molecular complexity index is 948. The monoisotopic (exact) mass is 387 g/mol. The van der Waals surface area contributed by atoms with Crippen molar-refractivity contribution in [2.75, 3.05) is 11.1 Å². The number of hydrogen-bond acceptors (Lipinski definition) is 5. The molecule has 1 heterocycles. The molecule has 0 aliphatic carbocycles. The molecular weight excluding hydrogens is 370 g/mol. The van der Waals surface area contributed by atoms with E-state index in [1.165, 1.54) is 28.7 Å². The molecule has 1 amide bonds. The number of aromatic nitrogens is 2. The van der Waals surface area contributed by atoms with Crippen LogP contribution in [-0.4, -0.2) is 21.4 Å². The number of rotatable bonds is 5. The van der Waals surface area contributed by atoms with Gasteiger partial charge in [0, 0.05) is 5.69 Å². The standard InChI is InChI=1S/C18H17N3OS3/c1-12-8-9-15(13(2)10-12)19-16(22)11-24-17-20-21(18(23)25-17)14-6-4-3-5-7-14/h3-10H,11H2,1-2H3,(H,19,22). The number of carbonyl (C=O) groups is 1. The Morgan fingerprint density at radius 2 is 2.00 bits per heavy atom. The van der Waals surface area contributed by atoms with Crippen LogP contribution in [0.15, 0.2) is 52.9 Å². The summed E-state index contributed by atoms with van der Waals surface area (Å²) in [5.74, 6) is 0.244. The fourth-order valence-electron chi connectivity index (χ4n) is 2.32. The number of anilines is 1. The summed E-state index contributed by atoms with van der Waals surface area (Å²) in [6.07, 6.45) is 0. The van der Waals surface area contributed by atoms with Crippen molar-refractivity contribution in [1.82, 2.24) is 9.78 Å². The first-order valence-electron chi connectivity index (χ1n) is 7.68. The number of thioether (sulfide) groups is 1. The number of nitrogens with one attached hydrogen (secondary N) is 1. The van der Waals surface area contributed by atoms with Crippen LogP contribution in [-0.2, 0) is 4.79 Å². The number of amides is 1. The first-order chi connectivity index (χ1) is 12.0. The lowest BCUT2D eigenvalue weighted by Crippen LogP contribution is -2.14. The lowest BCUT2D eigenvalue weighted by Gasteiger charge is -2.08. The average Bonchev–Trinajstić information content (AvgIpc) is 2.97. The minimum atomic E-state index is -0.0515. The van der Waals surface area contributed by atoms with Crippen LogP contribution in [0.4, 0.5) is 5.69 Å². The molecule has 7 heteroatoms. The second-order valence-electron chi connectivity index (χ2n) is 5.54. The topological polar surface area (TPSA) is 46.9 Å². The van der Waals surface area contributed by atoms with E-state index in [2.05, 4.69) is 16.5 Å². The van der Waals surface area contributed by atoms with Crippen molar-refractivity contribution in [3.63, 3.8) is 0 Å². The van der Waals surface area contributed by atoms with Crippen LogP contribution in [0.25, 0.3) is 5.69 Å². The molecule has 0 aliphatic heterocycles. The molecule has 0 spiro atoms. The molecule has 1 aromatic heterocycles. The van der Waals surface area contributed by atoms with Crippen LogP contribution in [0.2, 0.25) is 0 Å². The fraction of sp³-hybridized carbons (Fsp3) is 0.167. The molecule has 0 radical (unpaired) electrons. The third-order valence-corrected chi connectivity index (χ3v) is 5.88. The van der Waals surface area contributed by atoms with Crippen molar-refractivity contribution in [1.29, 1.82) is 0 Å². The summed E-state index contributed by atoms with van der Waals surface area (Å²) in [4.78, 5) is 12.2. The quantitative estimate of drug-likeness (QED) is 0.494. The Balaban J connectivity index is 1.64. The molecule has 0 saturated carbocycles. The maximum atomic E-state index is 12.2. The van der Waals surface area contributed by atoms with E-state index in [0.29, 0.717) is 9.71 Å².